The molecule has 2 heterocycles. The summed E-state index contributed by atoms with van der Waals surface area (Å²) in [6, 6.07) is 35.6. The van der Waals surface area contributed by atoms with Crippen molar-refractivity contribution in [1.29, 1.82) is 10.5 Å². The fourth-order valence-corrected chi connectivity index (χ4v) is 8.06. The zero-order valence-electron chi connectivity index (χ0n) is 24.9. The highest BCUT2D eigenvalue weighted by Gasteiger charge is 2.46. The molecule has 2 unspecified atom stereocenters. The fraction of sp³-hybridized carbons (Fsp3) is 0.122. The number of aromatic nitrogens is 1. The van der Waals surface area contributed by atoms with Crippen molar-refractivity contribution in [3.8, 4) is 29.0 Å². The molecule has 2 aliphatic carbocycles. The minimum atomic E-state index is -0.0558. The molecule has 0 saturated carbocycles. The zero-order chi connectivity index (χ0) is 30.4. The van der Waals surface area contributed by atoms with Gasteiger partial charge in [0, 0.05) is 44.0 Å². The van der Waals surface area contributed by atoms with Gasteiger partial charge in [-0.05, 0) is 65.6 Å². The van der Waals surface area contributed by atoms with E-state index in [0.29, 0.717) is 23.0 Å². The van der Waals surface area contributed by atoms with Crippen LogP contribution in [0.15, 0.2) is 120 Å². The second-order valence-electron chi connectivity index (χ2n) is 12.8. The van der Waals surface area contributed by atoms with Crippen molar-refractivity contribution < 1.29 is 4.42 Å². The average molecular weight is 578 g/mol. The highest BCUT2D eigenvalue weighted by Crippen LogP contribution is 2.55. The second-order valence-corrected chi connectivity index (χ2v) is 12.8. The lowest BCUT2D eigenvalue weighted by atomic mass is 9.74. The minimum Gasteiger partial charge on any atom is -0.456 e. The Balaban J connectivity index is 1.29. The van der Waals surface area contributed by atoms with Crippen molar-refractivity contribution in [1.82, 2.24) is 4.57 Å². The standard InChI is InChI=1S/C41H27N3O/c1-41(2)34-9-5-3-7-28(34)30-15-16-31-33-21-26(13-18-38(33)45-40(31)39(30)41)27-14-11-25(23-43)20-37(27)44-35-10-6-4-8-29(35)32-19-24(22-42)12-17-36(32)44/h3-21,28,34H,1-2H3. The van der Waals surface area contributed by atoms with Gasteiger partial charge in [0.2, 0.25) is 0 Å². The molecule has 45 heavy (non-hydrogen) atoms. The number of para-hydroxylation sites is 1. The number of nitrogens with zero attached hydrogens (tertiary/aromatic N) is 3. The largest absolute Gasteiger partial charge is 0.456 e. The van der Waals surface area contributed by atoms with Crippen LogP contribution in [0.5, 0.6) is 0 Å². The average Bonchev–Trinajstić information content (AvgIpc) is 3.69. The molecule has 0 bridgehead atoms. The molecule has 0 spiro atoms. The number of allylic oxidation sites excluding steroid dienone is 4. The normalized spacial score (nSPS) is 18.0. The van der Waals surface area contributed by atoms with Crippen molar-refractivity contribution >= 4 is 43.7 Å². The summed E-state index contributed by atoms with van der Waals surface area (Å²) < 4.78 is 8.90. The molecule has 9 rings (SSSR count). The van der Waals surface area contributed by atoms with E-state index in [1.54, 1.807) is 0 Å². The van der Waals surface area contributed by atoms with Crippen molar-refractivity contribution in [2.24, 2.45) is 5.92 Å². The monoisotopic (exact) mass is 577 g/mol. The number of benzene rings is 5. The van der Waals surface area contributed by atoms with Gasteiger partial charge < -0.3 is 8.98 Å². The van der Waals surface area contributed by atoms with E-state index >= 15 is 0 Å². The predicted octanol–water partition coefficient (Wildman–Crippen LogP) is 10.2. The van der Waals surface area contributed by atoms with E-state index in [2.05, 4.69) is 97.3 Å². The van der Waals surface area contributed by atoms with E-state index in [0.717, 1.165) is 60.6 Å². The third kappa shape index (κ3) is 3.46. The molecule has 7 aromatic rings. The summed E-state index contributed by atoms with van der Waals surface area (Å²) in [6.45, 7) is 4.68. The van der Waals surface area contributed by atoms with Gasteiger partial charge in [-0.15, -0.1) is 0 Å². The maximum absolute atomic E-state index is 9.93. The van der Waals surface area contributed by atoms with E-state index in [1.165, 1.54) is 11.1 Å². The van der Waals surface area contributed by atoms with Crippen molar-refractivity contribution in [2.75, 3.05) is 0 Å². The Labute approximate surface area is 260 Å². The number of hydrogen-bond donors (Lipinski definition) is 0. The van der Waals surface area contributed by atoms with E-state index in [9.17, 15) is 10.5 Å². The lowest BCUT2D eigenvalue weighted by molar-refractivity contribution is 0.393. The van der Waals surface area contributed by atoms with Crippen LogP contribution in [0.2, 0.25) is 0 Å². The summed E-state index contributed by atoms with van der Waals surface area (Å²) >= 11 is 0. The van der Waals surface area contributed by atoms with Crippen LogP contribution in [0.3, 0.4) is 0 Å². The summed E-state index contributed by atoms with van der Waals surface area (Å²) in [7, 11) is 0. The maximum atomic E-state index is 9.93. The molecule has 2 aliphatic rings. The van der Waals surface area contributed by atoms with Crippen LogP contribution in [0.25, 0.3) is 60.6 Å². The van der Waals surface area contributed by atoms with Crippen LogP contribution in [-0.4, -0.2) is 4.57 Å². The first-order valence-corrected chi connectivity index (χ1v) is 15.3. The first kappa shape index (κ1) is 25.6. The zero-order valence-corrected chi connectivity index (χ0v) is 24.9. The molecule has 0 N–H and O–H groups in total. The predicted molar refractivity (Wildman–Crippen MR) is 180 cm³/mol. The fourth-order valence-electron chi connectivity index (χ4n) is 8.06. The summed E-state index contributed by atoms with van der Waals surface area (Å²) in [5.41, 5.74) is 10.7. The lowest BCUT2D eigenvalue weighted by Crippen LogP contribution is -2.24. The Bertz CT molecular complexity index is 2560. The second kappa shape index (κ2) is 9.08. The van der Waals surface area contributed by atoms with Gasteiger partial charge in [0.05, 0.1) is 40.0 Å². The Morgan fingerprint density at radius 2 is 1.49 bits per heavy atom. The Kier molecular flexibility index (Phi) is 5.18. The Hall–Kier alpha value is -5.84. The van der Waals surface area contributed by atoms with Gasteiger partial charge in [-0.25, -0.2) is 0 Å². The molecule has 0 fully saturated rings. The van der Waals surface area contributed by atoms with E-state index in [1.807, 2.05) is 48.5 Å². The van der Waals surface area contributed by atoms with E-state index in [-0.39, 0.29) is 5.41 Å². The molecule has 0 radical (unpaired) electrons. The highest BCUT2D eigenvalue weighted by molar-refractivity contribution is 6.11. The third-order valence-electron chi connectivity index (χ3n) is 10.1. The van der Waals surface area contributed by atoms with Gasteiger partial charge in [-0.1, -0.05) is 80.6 Å². The molecule has 4 nitrogen and oxygen atoms in total. The number of rotatable bonds is 2. The number of fused-ring (bicyclic) bond motifs is 10. The van der Waals surface area contributed by atoms with Crippen LogP contribution >= 0.6 is 0 Å². The van der Waals surface area contributed by atoms with E-state index in [4.69, 9.17) is 4.42 Å². The lowest BCUT2D eigenvalue weighted by Gasteiger charge is -2.29. The molecule has 0 amide bonds. The van der Waals surface area contributed by atoms with Gasteiger partial charge in [-0.3, -0.25) is 0 Å². The van der Waals surface area contributed by atoms with Crippen molar-refractivity contribution in [3.63, 3.8) is 0 Å². The van der Waals surface area contributed by atoms with Crippen LogP contribution in [-0.2, 0) is 5.41 Å². The molecule has 2 atom stereocenters. The van der Waals surface area contributed by atoms with Crippen LogP contribution in [0.4, 0.5) is 0 Å². The first-order chi connectivity index (χ1) is 22.0. The molecule has 2 aromatic heterocycles. The number of hydrogen-bond acceptors (Lipinski definition) is 3. The van der Waals surface area contributed by atoms with Gasteiger partial charge in [0.15, 0.2) is 0 Å². The molecular weight excluding hydrogens is 550 g/mol. The Morgan fingerprint density at radius 3 is 2.36 bits per heavy atom. The molecule has 5 aromatic carbocycles. The van der Waals surface area contributed by atoms with Crippen LogP contribution in [0, 0.1) is 28.6 Å². The smallest absolute Gasteiger partial charge is 0.139 e. The minimum absolute atomic E-state index is 0.0558. The molecule has 4 heteroatoms. The van der Waals surface area contributed by atoms with Gasteiger partial charge in [-0.2, -0.15) is 10.5 Å². The van der Waals surface area contributed by atoms with Gasteiger partial charge in [0.25, 0.3) is 0 Å². The Morgan fingerprint density at radius 1 is 0.711 bits per heavy atom. The van der Waals surface area contributed by atoms with E-state index < -0.39 is 0 Å². The van der Waals surface area contributed by atoms with Gasteiger partial charge >= 0.3 is 0 Å². The number of nitriles is 2. The molecule has 0 saturated heterocycles. The quantitative estimate of drug-likeness (QED) is 0.205. The third-order valence-corrected chi connectivity index (χ3v) is 10.1. The first-order valence-electron chi connectivity index (χ1n) is 15.3. The SMILES string of the molecule is CC1(C)c2c(ccc3c2oc2ccc(-c4ccc(C#N)cc4-n4c5ccccc5c5cc(C#N)ccc54)cc23)C2C=CC=CC21. The van der Waals surface area contributed by atoms with Crippen LogP contribution < -0.4 is 0 Å². The van der Waals surface area contributed by atoms with Gasteiger partial charge in [0.1, 0.15) is 11.2 Å². The molecule has 212 valence electrons. The summed E-state index contributed by atoms with van der Waals surface area (Å²) in [5.74, 6) is 0.772. The number of furan rings is 1. The summed E-state index contributed by atoms with van der Waals surface area (Å²) in [4.78, 5) is 0. The summed E-state index contributed by atoms with van der Waals surface area (Å²) in [6.07, 6.45) is 9.01. The van der Waals surface area contributed by atoms with Crippen LogP contribution in [0.1, 0.15) is 42.0 Å². The van der Waals surface area contributed by atoms with Crippen molar-refractivity contribution in [3.05, 3.63) is 138 Å². The molecular formula is C41H27N3O. The molecule has 0 aliphatic heterocycles. The topological polar surface area (TPSA) is 65.7 Å². The summed E-state index contributed by atoms with van der Waals surface area (Å²) in [5, 5.41) is 23.8. The van der Waals surface area contributed by atoms with Crippen molar-refractivity contribution in [2.45, 2.75) is 25.2 Å². The highest BCUT2D eigenvalue weighted by atomic mass is 16.3. The maximum Gasteiger partial charge on any atom is 0.139 e.